The highest BCUT2D eigenvalue weighted by Crippen LogP contribution is 2.38. The monoisotopic (exact) mass is 356 g/mol. The fourth-order valence-corrected chi connectivity index (χ4v) is 3.25. The number of fused-ring (bicyclic) bond motifs is 1. The third kappa shape index (κ3) is 4.13. The number of hydrogen-bond donors (Lipinski definition) is 3. The quantitative estimate of drug-likeness (QED) is 0.703. The first-order chi connectivity index (χ1) is 12.3. The van der Waals surface area contributed by atoms with E-state index in [4.69, 9.17) is 0 Å². The van der Waals surface area contributed by atoms with Crippen LogP contribution in [0.1, 0.15) is 43.6 Å². The van der Waals surface area contributed by atoms with Gasteiger partial charge in [-0.05, 0) is 38.3 Å². The molecule has 3 rings (SSSR count). The van der Waals surface area contributed by atoms with E-state index in [2.05, 4.69) is 31.3 Å². The van der Waals surface area contributed by atoms with Crippen LogP contribution in [0.2, 0.25) is 0 Å². The number of nitrogens with one attached hydrogen (secondary N) is 3. The van der Waals surface area contributed by atoms with E-state index in [0.29, 0.717) is 12.2 Å². The van der Waals surface area contributed by atoms with Crippen molar-refractivity contribution < 1.29 is 9.59 Å². The average molecular weight is 356 g/mol. The van der Waals surface area contributed by atoms with Gasteiger partial charge in [0, 0.05) is 5.54 Å². The lowest BCUT2D eigenvalue weighted by molar-refractivity contribution is -0.130. The number of ketones is 1. The Morgan fingerprint density at radius 1 is 1.27 bits per heavy atom. The molecule has 2 aromatic rings. The fourth-order valence-electron chi connectivity index (χ4n) is 3.25. The van der Waals surface area contributed by atoms with Crippen molar-refractivity contribution in [1.82, 2.24) is 31.3 Å². The van der Waals surface area contributed by atoms with Gasteiger partial charge in [-0.25, -0.2) is 0 Å². The van der Waals surface area contributed by atoms with Gasteiger partial charge in [-0.15, -0.1) is 10.2 Å². The molecule has 1 aliphatic rings. The van der Waals surface area contributed by atoms with Crippen molar-refractivity contribution in [2.24, 2.45) is 5.92 Å². The first-order valence-corrected chi connectivity index (χ1v) is 8.71. The number of rotatable bonds is 6. The van der Waals surface area contributed by atoms with Gasteiger partial charge < -0.3 is 10.6 Å². The number of nitrogens with zero attached hydrogens (tertiary/aromatic N) is 3. The molecule has 0 bridgehead atoms. The predicted molar refractivity (Wildman–Crippen MR) is 95.2 cm³/mol. The minimum atomic E-state index is -0.439. The normalized spacial score (nSPS) is 19.2. The molecule has 1 aromatic heterocycles. The molecular formula is C18H24N6O2. The molecule has 1 heterocycles. The number of hydrogen-bond acceptors (Lipinski definition) is 6. The highest BCUT2D eigenvalue weighted by molar-refractivity contribution is 5.95. The molecule has 1 aromatic carbocycles. The molecule has 1 unspecified atom stereocenters. The van der Waals surface area contributed by atoms with Crippen molar-refractivity contribution in [2.45, 2.75) is 45.2 Å². The van der Waals surface area contributed by atoms with Crippen molar-refractivity contribution >= 4 is 11.7 Å². The Kier molecular flexibility index (Phi) is 5.13. The lowest BCUT2D eigenvalue weighted by Gasteiger charge is -2.23. The second-order valence-corrected chi connectivity index (χ2v) is 7.60. The Morgan fingerprint density at radius 3 is 2.73 bits per heavy atom. The summed E-state index contributed by atoms with van der Waals surface area (Å²) in [6.45, 7) is 6.45. The van der Waals surface area contributed by atoms with E-state index in [1.54, 1.807) is 0 Å². The maximum Gasteiger partial charge on any atom is 0.224 e. The largest absolute Gasteiger partial charge is 0.348 e. The van der Waals surface area contributed by atoms with Gasteiger partial charge in [0.1, 0.15) is 0 Å². The molecule has 26 heavy (non-hydrogen) atoms. The van der Waals surface area contributed by atoms with Crippen molar-refractivity contribution in [2.75, 3.05) is 6.54 Å². The molecule has 0 spiro atoms. The van der Waals surface area contributed by atoms with Crippen LogP contribution in [-0.4, -0.2) is 44.4 Å². The van der Waals surface area contributed by atoms with Gasteiger partial charge in [-0.3, -0.25) is 9.59 Å². The zero-order valence-corrected chi connectivity index (χ0v) is 15.2. The van der Waals surface area contributed by atoms with Gasteiger partial charge in [-0.2, -0.15) is 5.21 Å². The van der Waals surface area contributed by atoms with Crippen LogP contribution in [0.5, 0.6) is 0 Å². The molecule has 2 atom stereocenters. The molecule has 0 fully saturated rings. The van der Waals surface area contributed by atoms with E-state index >= 15 is 0 Å². The van der Waals surface area contributed by atoms with E-state index in [0.717, 1.165) is 11.1 Å². The molecule has 1 aliphatic carbocycles. The van der Waals surface area contributed by atoms with E-state index in [1.807, 2.05) is 45.0 Å². The number of aromatic amines is 1. The standard InChI is InChI=1S/C18H24N6O2/c1-18(2,3)20-9-14(25)16-12-7-5-4-6-11(12)8-13(16)17(26)19-10-15-21-23-24-22-15/h4-7,13,16,20H,8-10H2,1-3H3,(H,19,26)(H,21,22,23,24)/t13-,16?/m1/s1. The Labute approximate surface area is 152 Å². The SMILES string of the molecule is CC(C)(C)NCC(=O)C1c2ccccc2C[C@H]1C(=O)NCc1nn[nH]n1. The second kappa shape index (κ2) is 7.33. The molecule has 0 saturated carbocycles. The van der Waals surface area contributed by atoms with E-state index in [1.165, 1.54) is 0 Å². The van der Waals surface area contributed by atoms with Crippen LogP contribution < -0.4 is 10.6 Å². The summed E-state index contributed by atoms with van der Waals surface area (Å²) >= 11 is 0. The number of amides is 1. The molecule has 0 saturated heterocycles. The van der Waals surface area contributed by atoms with Crippen LogP contribution in [0, 0.1) is 5.92 Å². The predicted octanol–water partition coefficient (Wildman–Crippen LogP) is 0.729. The topological polar surface area (TPSA) is 113 Å². The van der Waals surface area contributed by atoms with Crippen LogP contribution in [0.4, 0.5) is 0 Å². The fraction of sp³-hybridized carbons (Fsp3) is 0.500. The summed E-state index contributed by atoms with van der Waals surface area (Å²) in [5.41, 5.74) is 1.85. The maximum atomic E-state index is 12.9. The summed E-state index contributed by atoms with van der Waals surface area (Å²) in [6, 6.07) is 7.78. The third-order valence-corrected chi connectivity index (χ3v) is 4.52. The molecule has 0 aliphatic heterocycles. The summed E-state index contributed by atoms with van der Waals surface area (Å²) in [7, 11) is 0. The number of H-pyrrole nitrogens is 1. The van der Waals surface area contributed by atoms with Gasteiger partial charge in [0.25, 0.3) is 0 Å². The molecule has 8 nitrogen and oxygen atoms in total. The Bertz CT molecular complexity index is 781. The van der Waals surface area contributed by atoms with Gasteiger partial charge in [0.05, 0.1) is 24.9 Å². The number of carbonyl (C=O) groups excluding carboxylic acids is 2. The summed E-state index contributed by atoms with van der Waals surface area (Å²) in [4.78, 5) is 25.7. The molecular weight excluding hydrogens is 332 g/mol. The number of benzene rings is 1. The minimum absolute atomic E-state index is 0.0320. The summed E-state index contributed by atoms with van der Waals surface area (Å²) < 4.78 is 0. The lowest BCUT2D eigenvalue weighted by atomic mass is 9.87. The zero-order chi connectivity index (χ0) is 18.7. The second-order valence-electron chi connectivity index (χ2n) is 7.60. The first-order valence-electron chi connectivity index (χ1n) is 8.71. The van der Waals surface area contributed by atoms with E-state index in [-0.39, 0.29) is 30.3 Å². The van der Waals surface area contributed by atoms with E-state index < -0.39 is 11.8 Å². The summed E-state index contributed by atoms with van der Waals surface area (Å²) in [6.07, 6.45) is 0.556. The number of Topliss-reactive ketones (excluding diaryl/α,β-unsaturated/α-hetero) is 1. The molecule has 1 amide bonds. The van der Waals surface area contributed by atoms with Crippen LogP contribution in [0.3, 0.4) is 0 Å². The van der Waals surface area contributed by atoms with Crippen LogP contribution >= 0.6 is 0 Å². The Morgan fingerprint density at radius 2 is 2.04 bits per heavy atom. The molecule has 138 valence electrons. The molecule has 0 radical (unpaired) electrons. The zero-order valence-electron chi connectivity index (χ0n) is 15.2. The highest BCUT2D eigenvalue weighted by atomic mass is 16.2. The van der Waals surface area contributed by atoms with Gasteiger partial charge in [-0.1, -0.05) is 29.5 Å². The van der Waals surface area contributed by atoms with Crippen LogP contribution in [0.25, 0.3) is 0 Å². The lowest BCUT2D eigenvalue weighted by Crippen LogP contribution is -2.43. The molecule has 3 N–H and O–H groups in total. The van der Waals surface area contributed by atoms with Crippen molar-refractivity contribution in [3.8, 4) is 0 Å². The van der Waals surface area contributed by atoms with Gasteiger partial charge in [0.15, 0.2) is 11.6 Å². The van der Waals surface area contributed by atoms with Crippen LogP contribution in [-0.2, 0) is 22.6 Å². The first kappa shape index (κ1) is 18.2. The van der Waals surface area contributed by atoms with E-state index in [9.17, 15) is 9.59 Å². The summed E-state index contributed by atoms with van der Waals surface area (Å²) in [5.74, 6) is -0.587. The Balaban J connectivity index is 1.75. The number of tetrazole rings is 1. The van der Waals surface area contributed by atoms with Crippen molar-refractivity contribution in [3.63, 3.8) is 0 Å². The Hall–Kier alpha value is -2.61. The maximum absolute atomic E-state index is 12.9. The summed E-state index contributed by atoms with van der Waals surface area (Å²) in [5, 5.41) is 19.5. The highest BCUT2D eigenvalue weighted by Gasteiger charge is 2.41. The average Bonchev–Trinajstić information content (AvgIpc) is 3.24. The number of carbonyl (C=O) groups is 2. The van der Waals surface area contributed by atoms with Gasteiger partial charge in [0.2, 0.25) is 5.91 Å². The molecule has 8 heteroatoms. The van der Waals surface area contributed by atoms with Crippen LogP contribution in [0.15, 0.2) is 24.3 Å². The smallest absolute Gasteiger partial charge is 0.224 e. The number of aromatic nitrogens is 4. The third-order valence-electron chi connectivity index (χ3n) is 4.52. The minimum Gasteiger partial charge on any atom is -0.348 e. The van der Waals surface area contributed by atoms with Crippen molar-refractivity contribution in [1.29, 1.82) is 0 Å². The van der Waals surface area contributed by atoms with Gasteiger partial charge >= 0.3 is 0 Å². The van der Waals surface area contributed by atoms with Crippen molar-refractivity contribution in [3.05, 3.63) is 41.2 Å².